The number of para-hydroxylation sites is 2. The monoisotopic (exact) mass is 354 g/mol. The third-order valence-corrected chi connectivity index (χ3v) is 4.55. The fourth-order valence-corrected chi connectivity index (χ4v) is 3.12. The molecule has 128 valence electrons. The number of aromatic nitrogens is 1. The van der Waals surface area contributed by atoms with Crippen LogP contribution in [0.3, 0.4) is 0 Å². The molecular formula is C19H18N2O3S. The van der Waals surface area contributed by atoms with Gasteiger partial charge in [0, 0.05) is 22.0 Å². The van der Waals surface area contributed by atoms with E-state index in [1.54, 1.807) is 6.20 Å². The minimum Gasteiger partial charge on any atom is -0.455 e. The Labute approximate surface area is 149 Å². The van der Waals surface area contributed by atoms with E-state index in [0.717, 1.165) is 21.4 Å². The number of ether oxygens (including phenoxy) is 1. The summed E-state index contributed by atoms with van der Waals surface area (Å²) in [6.07, 6.45) is 3.85. The lowest BCUT2D eigenvalue weighted by Gasteiger charge is -2.09. The first kappa shape index (κ1) is 17.1. The molecule has 25 heavy (non-hydrogen) atoms. The minimum atomic E-state index is -0.432. The van der Waals surface area contributed by atoms with Crippen LogP contribution < -0.4 is 5.32 Å². The highest BCUT2D eigenvalue weighted by atomic mass is 32.2. The van der Waals surface area contributed by atoms with Crippen molar-refractivity contribution in [2.45, 2.75) is 11.3 Å². The molecular weight excluding hydrogens is 336 g/mol. The maximum atomic E-state index is 12.0. The lowest BCUT2D eigenvalue weighted by Crippen LogP contribution is -2.21. The number of rotatable bonds is 6. The van der Waals surface area contributed by atoms with Gasteiger partial charge in [-0.15, -0.1) is 11.8 Å². The van der Waals surface area contributed by atoms with Crippen molar-refractivity contribution in [1.82, 2.24) is 4.98 Å². The molecule has 0 bridgehead atoms. The summed E-state index contributed by atoms with van der Waals surface area (Å²) in [5, 5.41) is 3.75. The van der Waals surface area contributed by atoms with E-state index in [0.29, 0.717) is 5.69 Å². The number of hydrogen-bond donors (Lipinski definition) is 2. The predicted octanol–water partition coefficient (Wildman–Crippen LogP) is 3.61. The second-order valence-electron chi connectivity index (χ2n) is 5.45. The predicted molar refractivity (Wildman–Crippen MR) is 99.8 cm³/mol. The number of carbonyl (C=O) groups excluding carboxylic acids is 2. The van der Waals surface area contributed by atoms with E-state index in [4.69, 9.17) is 4.74 Å². The molecule has 3 aromatic rings. The van der Waals surface area contributed by atoms with Crippen molar-refractivity contribution in [3.63, 3.8) is 0 Å². The molecule has 0 aliphatic heterocycles. The average Bonchev–Trinajstić information content (AvgIpc) is 3.03. The normalized spacial score (nSPS) is 10.6. The van der Waals surface area contributed by atoms with E-state index < -0.39 is 5.97 Å². The number of esters is 1. The highest BCUT2D eigenvalue weighted by molar-refractivity contribution is 7.98. The topological polar surface area (TPSA) is 71.2 Å². The Kier molecular flexibility index (Phi) is 5.40. The van der Waals surface area contributed by atoms with Crippen LogP contribution in [0.2, 0.25) is 0 Å². The first-order valence-electron chi connectivity index (χ1n) is 7.81. The van der Waals surface area contributed by atoms with Gasteiger partial charge in [-0.1, -0.05) is 30.3 Å². The second kappa shape index (κ2) is 7.90. The highest BCUT2D eigenvalue weighted by Gasteiger charge is 2.12. The molecule has 0 radical (unpaired) electrons. The van der Waals surface area contributed by atoms with Gasteiger partial charge in [-0.3, -0.25) is 9.59 Å². The summed E-state index contributed by atoms with van der Waals surface area (Å²) in [5.74, 6) is -0.785. The number of carbonyl (C=O) groups is 2. The molecule has 0 atom stereocenters. The van der Waals surface area contributed by atoms with Gasteiger partial charge in [-0.05, 0) is 30.0 Å². The number of anilines is 1. The summed E-state index contributed by atoms with van der Waals surface area (Å²) < 4.78 is 5.10. The molecule has 1 amide bonds. The van der Waals surface area contributed by atoms with E-state index in [9.17, 15) is 9.59 Å². The molecule has 0 saturated heterocycles. The molecule has 6 heteroatoms. The van der Waals surface area contributed by atoms with E-state index in [1.165, 1.54) is 11.8 Å². The van der Waals surface area contributed by atoms with Crippen LogP contribution in [0.4, 0.5) is 5.69 Å². The maximum absolute atomic E-state index is 12.0. The van der Waals surface area contributed by atoms with Crippen molar-refractivity contribution in [3.05, 3.63) is 60.3 Å². The highest BCUT2D eigenvalue weighted by Crippen LogP contribution is 2.24. The van der Waals surface area contributed by atoms with E-state index in [1.807, 2.05) is 54.8 Å². The molecule has 0 saturated carbocycles. The second-order valence-corrected chi connectivity index (χ2v) is 6.29. The first-order chi connectivity index (χ1) is 12.2. The molecule has 5 nitrogen and oxygen atoms in total. The quantitative estimate of drug-likeness (QED) is 0.524. The standard InChI is InChI=1S/C19H18N2O3S/c1-25-17-9-5-4-8-16(17)21-18(22)12-24-19(23)10-13-11-20-15-7-3-2-6-14(13)15/h2-9,11,20H,10,12H2,1H3,(H,21,22). The lowest BCUT2D eigenvalue weighted by atomic mass is 10.1. The molecule has 0 unspecified atom stereocenters. The summed E-state index contributed by atoms with van der Waals surface area (Å²) in [6, 6.07) is 15.2. The lowest BCUT2D eigenvalue weighted by molar-refractivity contribution is -0.146. The van der Waals surface area contributed by atoms with Gasteiger partial charge in [0.25, 0.3) is 5.91 Å². The molecule has 0 aliphatic carbocycles. The third kappa shape index (κ3) is 4.22. The Morgan fingerprint density at radius 3 is 2.72 bits per heavy atom. The van der Waals surface area contributed by atoms with Crippen molar-refractivity contribution < 1.29 is 14.3 Å². The number of amides is 1. The van der Waals surface area contributed by atoms with Gasteiger partial charge in [0.15, 0.2) is 6.61 Å². The van der Waals surface area contributed by atoms with Gasteiger partial charge in [0.2, 0.25) is 0 Å². The first-order valence-corrected chi connectivity index (χ1v) is 9.03. The van der Waals surface area contributed by atoms with Crippen LogP contribution in [0.5, 0.6) is 0 Å². The van der Waals surface area contributed by atoms with Gasteiger partial charge in [0.05, 0.1) is 12.1 Å². The Morgan fingerprint density at radius 2 is 1.88 bits per heavy atom. The Morgan fingerprint density at radius 1 is 1.12 bits per heavy atom. The van der Waals surface area contributed by atoms with Crippen LogP contribution in [-0.2, 0) is 20.7 Å². The van der Waals surface area contributed by atoms with Crippen molar-refractivity contribution in [1.29, 1.82) is 0 Å². The van der Waals surface area contributed by atoms with E-state index in [2.05, 4.69) is 10.3 Å². The molecule has 1 aromatic heterocycles. The summed E-state index contributed by atoms with van der Waals surface area (Å²) in [4.78, 5) is 28.1. The Balaban J connectivity index is 1.54. The van der Waals surface area contributed by atoms with Crippen LogP contribution in [0, 0.1) is 0 Å². The van der Waals surface area contributed by atoms with Crippen molar-refractivity contribution in [3.8, 4) is 0 Å². The van der Waals surface area contributed by atoms with E-state index in [-0.39, 0.29) is 18.9 Å². The van der Waals surface area contributed by atoms with Gasteiger partial charge >= 0.3 is 5.97 Å². The summed E-state index contributed by atoms with van der Waals surface area (Å²) in [7, 11) is 0. The molecule has 0 aliphatic rings. The molecule has 3 rings (SSSR count). The van der Waals surface area contributed by atoms with Gasteiger partial charge in [-0.25, -0.2) is 0 Å². The van der Waals surface area contributed by atoms with Gasteiger partial charge in [-0.2, -0.15) is 0 Å². The van der Waals surface area contributed by atoms with Gasteiger partial charge < -0.3 is 15.0 Å². The van der Waals surface area contributed by atoms with Crippen LogP contribution in [0.15, 0.2) is 59.6 Å². The van der Waals surface area contributed by atoms with Crippen molar-refractivity contribution in [2.24, 2.45) is 0 Å². The van der Waals surface area contributed by atoms with E-state index >= 15 is 0 Å². The number of H-pyrrole nitrogens is 1. The third-order valence-electron chi connectivity index (χ3n) is 3.76. The number of aromatic amines is 1. The summed E-state index contributed by atoms with van der Waals surface area (Å²) in [6.45, 7) is -0.302. The molecule has 0 spiro atoms. The van der Waals surface area contributed by atoms with Crippen LogP contribution >= 0.6 is 11.8 Å². The van der Waals surface area contributed by atoms with Crippen LogP contribution in [-0.4, -0.2) is 29.7 Å². The largest absolute Gasteiger partial charge is 0.455 e. The Hall–Kier alpha value is -2.73. The number of nitrogens with one attached hydrogen (secondary N) is 2. The van der Waals surface area contributed by atoms with Crippen molar-refractivity contribution >= 4 is 40.2 Å². The molecule has 1 heterocycles. The minimum absolute atomic E-state index is 0.124. The zero-order valence-corrected chi connectivity index (χ0v) is 14.6. The SMILES string of the molecule is CSc1ccccc1NC(=O)COC(=O)Cc1c[nH]c2ccccc12. The Bertz CT molecular complexity index is 904. The van der Waals surface area contributed by atoms with Crippen LogP contribution in [0.1, 0.15) is 5.56 Å². The maximum Gasteiger partial charge on any atom is 0.310 e. The summed E-state index contributed by atoms with van der Waals surface area (Å²) in [5.41, 5.74) is 2.54. The number of hydrogen-bond acceptors (Lipinski definition) is 4. The number of thioether (sulfide) groups is 1. The zero-order valence-electron chi connectivity index (χ0n) is 13.7. The molecule has 0 fully saturated rings. The molecule has 2 aromatic carbocycles. The number of benzene rings is 2. The zero-order chi connectivity index (χ0) is 17.6. The summed E-state index contributed by atoms with van der Waals surface area (Å²) >= 11 is 1.54. The van der Waals surface area contributed by atoms with Crippen molar-refractivity contribution in [2.75, 3.05) is 18.2 Å². The number of fused-ring (bicyclic) bond motifs is 1. The fourth-order valence-electron chi connectivity index (χ4n) is 2.56. The van der Waals surface area contributed by atoms with Crippen LogP contribution in [0.25, 0.3) is 10.9 Å². The fraction of sp³-hybridized carbons (Fsp3) is 0.158. The smallest absolute Gasteiger partial charge is 0.310 e. The van der Waals surface area contributed by atoms with Gasteiger partial charge in [0.1, 0.15) is 0 Å². The molecule has 2 N–H and O–H groups in total. The average molecular weight is 354 g/mol.